The van der Waals surface area contributed by atoms with Gasteiger partial charge in [0.15, 0.2) is 0 Å². The summed E-state index contributed by atoms with van der Waals surface area (Å²) in [5.41, 5.74) is 2.49. The van der Waals surface area contributed by atoms with Crippen molar-refractivity contribution in [1.82, 2.24) is 4.90 Å². The Labute approximate surface area is 103 Å². The summed E-state index contributed by atoms with van der Waals surface area (Å²) in [7, 11) is 2.05. The zero-order chi connectivity index (χ0) is 12.0. The van der Waals surface area contributed by atoms with E-state index in [0.29, 0.717) is 18.5 Å². The van der Waals surface area contributed by atoms with E-state index in [1.54, 1.807) is 0 Å². The summed E-state index contributed by atoms with van der Waals surface area (Å²) >= 11 is 5.81. The first-order valence-corrected chi connectivity index (χ1v) is 5.98. The van der Waals surface area contributed by atoms with E-state index in [1.807, 2.05) is 6.07 Å². The highest BCUT2D eigenvalue weighted by Gasteiger charge is 2.08. The van der Waals surface area contributed by atoms with Gasteiger partial charge in [0.05, 0.1) is 6.54 Å². The number of rotatable bonds is 5. The number of halogens is 1. The van der Waals surface area contributed by atoms with Crippen molar-refractivity contribution >= 4 is 11.6 Å². The van der Waals surface area contributed by atoms with E-state index in [9.17, 15) is 0 Å². The van der Waals surface area contributed by atoms with Crippen LogP contribution in [-0.4, -0.2) is 24.5 Å². The van der Waals surface area contributed by atoms with Gasteiger partial charge in [0, 0.05) is 11.9 Å². The Kier molecular flexibility index (Phi) is 5.38. The van der Waals surface area contributed by atoms with Crippen molar-refractivity contribution in [2.45, 2.75) is 25.3 Å². The lowest BCUT2D eigenvalue weighted by molar-refractivity contribution is 0.287. The molecule has 16 heavy (non-hydrogen) atoms. The van der Waals surface area contributed by atoms with Crippen LogP contribution >= 0.6 is 11.6 Å². The van der Waals surface area contributed by atoms with E-state index in [0.717, 1.165) is 6.42 Å². The van der Waals surface area contributed by atoms with Gasteiger partial charge in [-0.05, 0) is 31.5 Å². The van der Waals surface area contributed by atoms with Gasteiger partial charge in [-0.25, -0.2) is 0 Å². The molecule has 0 aliphatic heterocycles. The van der Waals surface area contributed by atoms with Gasteiger partial charge in [0.2, 0.25) is 0 Å². The third kappa shape index (κ3) is 3.89. The Morgan fingerprint density at radius 2 is 2.12 bits per heavy atom. The fourth-order valence-corrected chi connectivity index (χ4v) is 1.80. The van der Waals surface area contributed by atoms with Gasteiger partial charge in [0.1, 0.15) is 0 Å². The predicted molar refractivity (Wildman–Crippen MR) is 70.6 cm³/mol. The van der Waals surface area contributed by atoms with Crippen LogP contribution in [0.15, 0.2) is 24.3 Å². The highest BCUT2D eigenvalue weighted by Crippen LogP contribution is 2.11. The van der Waals surface area contributed by atoms with E-state index in [-0.39, 0.29) is 0 Å². The van der Waals surface area contributed by atoms with Crippen LogP contribution in [0.3, 0.4) is 0 Å². The van der Waals surface area contributed by atoms with Crippen LogP contribution < -0.4 is 0 Å². The standard InChI is InChI=1S/C14H18ClN/c1-4-8-16(3)12(2)9-13-6-5-7-14(10-13)11-15/h1,5-7,10,12H,8-9,11H2,2-3H3. The summed E-state index contributed by atoms with van der Waals surface area (Å²) < 4.78 is 0. The molecule has 0 aromatic heterocycles. The third-order valence-corrected chi connectivity index (χ3v) is 3.08. The molecule has 0 amide bonds. The van der Waals surface area contributed by atoms with Gasteiger partial charge in [-0.1, -0.05) is 30.2 Å². The van der Waals surface area contributed by atoms with E-state index in [1.165, 1.54) is 11.1 Å². The maximum absolute atomic E-state index is 5.81. The molecule has 1 nitrogen and oxygen atoms in total. The first-order chi connectivity index (χ1) is 7.67. The van der Waals surface area contributed by atoms with Crippen molar-refractivity contribution in [3.8, 4) is 12.3 Å². The topological polar surface area (TPSA) is 3.24 Å². The average Bonchev–Trinajstić information content (AvgIpc) is 2.29. The quantitative estimate of drug-likeness (QED) is 0.560. The SMILES string of the molecule is C#CCN(C)C(C)Cc1cccc(CCl)c1. The second-order valence-corrected chi connectivity index (χ2v) is 4.39. The second-order valence-electron chi connectivity index (χ2n) is 4.13. The van der Waals surface area contributed by atoms with E-state index in [2.05, 4.69) is 43.0 Å². The molecule has 1 unspecified atom stereocenters. The van der Waals surface area contributed by atoms with Crippen LogP contribution in [0.4, 0.5) is 0 Å². The molecule has 0 fully saturated rings. The number of terminal acetylenes is 1. The van der Waals surface area contributed by atoms with Crippen LogP contribution in [0.2, 0.25) is 0 Å². The minimum absolute atomic E-state index is 0.446. The van der Waals surface area contributed by atoms with Gasteiger partial charge in [0.25, 0.3) is 0 Å². The summed E-state index contributed by atoms with van der Waals surface area (Å²) in [5, 5.41) is 0. The predicted octanol–water partition coefficient (Wildman–Crippen LogP) is 2.92. The Balaban J connectivity index is 2.62. The Morgan fingerprint density at radius 1 is 1.44 bits per heavy atom. The normalized spacial score (nSPS) is 12.4. The fourth-order valence-electron chi connectivity index (χ4n) is 1.64. The number of hydrogen-bond donors (Lipinski definition) is 0. The van der Waals surface area contributed by atoms with Crippen molar-refractivity contribution in [3.05, 3.63) is 35.4 Å². The molecule has 0 N–H and O–H groups in total. The van der Waals surface area contributed by atoms with E-state index >= 15 is 0 Å². The van der Waals surface area contributed by atoms with Crippen molar-refractivity contribution in [1.29, 1.82) is 0 Å². The fraction of sp³-hybridized carbons (Fsp3) is 0.429. The van der Waals surface area contributed by atoms with Crippen LogP contribution in [0.5, 0.6) is 0 Å². The molecule has 0 spiro atoms. The van der Waals surface area contributed by atoms with Crippen molar-refractivity contribution < 1.29 is 0 Å². The molecule has 0 aliphatic carbocycles. The zero-order valence-corrected chi connectivity index (χ0v) is 10.7. The van der Waals surface area contributed by atoms with Gasteiger partial charge in [-0.15, -0.1) is 18.0 Å². The summed E-state index contributed by atoms with van der Waals surface area (Å²) in [6, 6.07) is 8.85. The molecule has 1 aromatic rings. The smallest absolute Gasteiger partial charge is 0.0598 e. The molecule has 1 aromatic carbocycles. The van der Waals surface area contributed by atoms with Gasteiger partial charge < -0.3 is 0 Å². The molecule has 86 valence electrons. The zero-order valence-electron chi connectivity index (χ0n) is 9.91. The van der Waals surface area contributed by atoms with Crippen molar-refractivity contribution in [2.75, 3.05) is 13.6 Å². The van der Waals surface area contributed by atoms with Gasteiger partial charge in [-0.3, -0.25) is 4.90 Å². The number of hydrogen-bond acceptors (Lipinski definition) is 1. The van der Waals surface area contributed by atoms with Gasteiger partial charge in [-0.2, -0.15) is 0 Å². The number of nitrogens with zero attached hydrogens (tertiary/aromatic N) is 1. The third-order valence-electron chi connectivity index (χ3n) is 2.77. The molecule has 0 heterocycles. The maximum Gasteiger partial charge on any atom is 0.0598 e. The molecule has 1 rings (SSSR count). The van der Waals surface area contributed by atoms with Crippen LogP contribution in [0, 0.1) is 12.3 Å². The first kappa shape index (κ1) is 13.1. The molecule has 0 aliphatic rings. The lowest BCUT2D eigenvalue weighted by Crippen LogP contribution is -2.31. The number of benzene rings is 1. The Bertz CT molecular complexity index is 367. The highest BCUT2D eigenvalue weighted by atomic mass is 35.5. The first-order valence-electron chi connectivity index (χ1n) is 5.45. The molecule has 0 bridgehead atoms. The lowest BCUT2D eigenvalue weighted by atomic mass is 10.0. The minimum Gasteiger partial charge on any atom is -0.292 e. The summed E-state index contributed by atoms with van der Waals surface area (Å²) in [5.74, 6) is 3.23. The lowest BCUT2D eigenvalue weighted by Gasteiger charge is -2.22. The summed E-state index contributed by atoms with van der Waals surface area (Å²) in [4.78, 5) is 2.17. The Morgan fingerprint density at radius 3 is 2.75 bits per heavy atom. The van der Waals surface area contributed by atoms with Crippen LogP contribution in [-0.2, 0) is 12.3 Å². The average molecular weight is 236 g/mol. The number of likely N-dealkylation sites (N-methyl/N-ethyl adjacent to an activating group) is 1. The van der Waals surface area contributed by atoms with Crippen molar-refractivity contribution in [2.24, 2.45) is 0 Å². The molecule has 0 saturated heterocycles. The second kappa shape index (κ2) is 6.58. The molecule has 1 atom stereocenters. The molecular weight excluding hydrogens is 218 g/mol. The highest BCUT2D eigenvalue weighted by molar-refractivity contribution is 6.17. The Hall–Kier alpha value is -0.970. The van der Waals surface area contributed by atoms with Crippen molar-refractivity contribution in [3.63, 3.8) is 0 Å². The minimum atomic E-state index is 0.446. The van der Waals surface area contributed by atoms with E-state index in [4.69, 9.17) is 18.0 Å². The largest absolute Gasteiger partial charge is 0.292 e. The monoisotopic (exact) mass is 235 g/mol. The molecule has 2 heteroatoms. The molecule has 0 radical (unpaired) electrons. The maximum atomic E-state index is 5.81. The van der Waals surface area contributed by atoms with Gasteiger partial charge >= 0.3 is 0 Å². The van der Waals surface area contributed by atoms with Crippen LogP contribution in [0.1, 0.15) is 18.1 Å². The molecule has 0 saturated carbocycles. The van der Waals surface area contributed by atoms with E-state index < -0.39 is 0 Å². The summed E-state index contributed by atoms with van der Waals surface area (Å²) in [6.45, 7) is 2.88. The van der Waals surface area contributed by atoms with Crippen LogP contribution in [0.25, 0.3) is 0 Å². The summed E-state index contributed by atoms with van der Waals surface area (Å²) in [6.07, 6.45) is 6.30. The number of alkyl halides is 1. The molecular formula is C14H18ClN.